The van der Waals surface area contributed by atoms with E-state index in [1.54, 1.807) is 0 Å². The van der Waals surface area contributed by atoms with Crippen LogP contribution in [0.2, 0.25) is 0 Å². The lowest BCUT2D eigenvalue weighted by Crippen LogP contribution is -2.31. The monoisotopic (exact) mass is 281 g/mol. The van der Waals surface area contributed by atoms with Crippen molar-refractivity contribution in [3.8, 4) is 0 Å². The van der Waals surface area contributed by atoms with Gasteiger partial charge in [0.05, 0.1) is 12.7 Å². The smallest absolute Gasteiger partial charge is 0.109 e. The van der Waals surface area contributed by atoms with E-state index in [2.05, 4.69) is 29.2 Å². The molecule has 0 fully saturated rings. The van der Waals surface area contributed by atoms with Crippen molar-refractivity contribution in [1.29, 1.82) is 0 Å². The topological polar surface area (TPSA) is 42.4 Å². The molecule has 3 nitrogen and oxygen atoms in total. The van der Waals surface area contributed by atoms with Crippen molar-refractivity contribution < 1.29 is 9.84 Å². The van der Waals surface area contributed by atoms with Gasteiger partial charge in [0.15, 0.2) is 0 Å². The number of fused-ring (bicyclic) bond motifs is 2. The first-order chi connectivity index (χ1) is 10.3. The third kappa shape index (κ3) is 2.17. The Kier molecular flexibility index (Phi) is 3.24. The lowest BCUT2D eigenvalue weighted by Gasteiger charge is -2.32. The Labute approximate surface area is 124 Å². The van der Waals surface area contributed by atoms with Gasteiger partial charge < -0.3 is 9.84 Å². The summed E-state index contributed by atoms with van der Waals surface area (Å²) in [5.41, 5.74) is 4.76. The number of pyridine rings is 1. The largest absolute Gasteiger partial charge is 0.389 e. The first-order valence-electron chi connectivity index (χ1n) is 7.66. The van der Waals surface area contributed by atoms with E-state index in [-0.39, 0.29) is 12.0 Å². The van der Waals surface area contributed by atoms with Crippen molar-refractivity contribution in [1.82, 2.24) is 4.98 Å². The van der Waals surface area contributed by atoms with Gasteiger partial charge in [0.2, 0.25) is 0 Å². The van der Waals surface area contributed by atoms with Gasteiger partial charge in [0.1, 0.15) is 6.10 Å². The summed E-state index contributed by atoms with van der Waals surface area (Å²) < 4.78 is 5.92. The van der Waals surface area contributed by atoms with E-state index in [4.69, 9.17) is 4.74 Å². The van der Waals surface area contributed by atoms with Crippen molar-refractivity contribution >= 4 is 0 Å². The maximum atomic E-state index is 10.9. The molecule has 0 bridgehead atoms. The molecule has 1 aromatic heterocycles. The zero-order valence-electron chi connectivity index (χ0n) is 11.9. The van der Waals surface area contributed by atoms with Gasteiger partial charge in [0.25, 0.3) is 0 Å². The van der Waals surface area contributed by atoms with Crippen LogP contribution in [0, 0.1) is 0 Å². The first kappa shape index (κ1) is 13.0. The summed E-state index contributed by atoms with van der Waals surface area (Å²) >= 11 is 0. The Bertz CT molecular complexity index is 655. The number of aliphatic hydroxyl groups excluding tert-OH is 1. The molecule has 2 heterocycles. The molecule has 1 aliphatic carbocycles. The van der Waals surface area contributed by atoms with E-state index >= 15 is 0 Å². The zero-order valence-corrected chi connectivity index (χ0v) is 11.9. The molecule has 1 N–H and O–H groups in total. The van der Waals surface area contributed by atoms with Crippen LogP contribution in [-0.4, -0.2) is 22.8 Å². The highest BCUT2D eigenvalue weighted by atomic mass is 16.5. The van der Waals surface area contributed by atoms with Crippen LogP contribution in [0.4, 0.5) is 0 Å². The van der Waals surface area contributed by atoms with Crippen molar-refractivity contribution in [2.75, 3.05) is 6.61 Å². The van der Waals surface area contributed by atoms with Gasteiger partial charge >= 0.3 is 0 Å². The molecule has 0 spiro atoms. The average Bonchev–Trinajstić information content (AvgIpc) is 2.98. The van der Waals surface area contributed by atoms with Gasteiger partial charge in [-0.15, -0.1) is 0 Å². The second-order valence-electron chi connectivity index (χ2n) is 5.92. The molecule has 2 aromatic rings. The minimum atomic E-state index is -0.525. The molecule has 1 aliphatic heterocycles. The Hall–Kier alpha value is -1.71. The fourth-order valence-electron chi connectivity index (χ4n) is 3.69. The van der Waals surface area contributed by atoms with Crippen LogP contribution < -0.4 is 0 Å². The first-order valence-corrected chi connectivity index (χ1v) is 7.66. The third-order valence-corrected chi connectivity index (χ3v) is 4.75. The average molecular weight is 281 g/mol. The van der Waals surface area contributed by atoms with Crippen LogP contribution in [0.15, 0.2) is 42.6 Å². The summed E-state index contributed by atoms with van der Waals surface area (Å²) in [4.78, 5) is 4.50. The summed E-state index contributed by atoms with van der Waals surface area (Å²) in [7, 11) is 0. The van der Waals surface area contributed by atoms with Crippen molar-refractivity contribution in [2.45, 2.75) is 37.4 Å². The van der Waals surface area contributed by atoms with E-state index in [1.807, 2.05) is 18.3 Å². The lowest BCUT2D eigenvalue weighted by atomic mass is 9.87. The summed E-state index contributed by atoms with van der Waals surface area (Å²) in [6.45, 7) is 0.681. The molecule has 0 saturated carbocycles. The highest BCUT2D eigenvalue weighted by molar-refractivity contribution is 5.35. The minimum absolute atomic E-state index is 0.0809. The van der Waals surface area contributed by atoms with Gasteiger partial charge in [-0.1, -0.05) is 30.3 Å². The summed E-state index contributed by atoms with van der Waals surface area (Å²) in [6, 6.07) is 12.4. The molecule has 0 saturated heterocycles. The van der Waals surface area contributed by atoms with E-state index in [0.29, 0.717) is 6.61 Å². The number of ether oxygens (including phenoxy) is 1. The highest BCUT2D eigenvalue weighted by Crippen LogP contribution is 2.41. The van der Waals surface area contributed by atoms with Crippen molar-refractivity contribution in [3.05, 3.63) is 65.0 Å². The second-order valence-corrected chi connectivity index (χ2v) is 5.92. The van der Waals surface area contributed by atoms with Crippen molar-refractivity contribution in [3.63, 3.8) is 0 Å². The number of hydrogen-bond donors (Lipinski definition) is 1. The van der Waals surface area contributed by atoms with Crippen molar-refractivity contribution in [2.24, 2.45) is 0 Å². The molecule has 0 amide bonds. The molecular weight excluding hydrogens is 262 g/mol. The van der Waals surface area contributed by atoms with E-state index in [1.165, 1.54) is 11.1 Å². The quantitative estimate of drug-likeness (QED) is 0.920. The lowest BCUT2D eigenvalue weighted by molar-refractivity contribution is -0.0577. The standard InChI is InChI=1S/C18H19NO2/c20-17(15-8-7-13-5-3-10-19-16(13)15)18-14-6-2-1-4-12(14)9-11-21-18/h1-6,10,15,17-18,20H,7-9,11H2. The number of benzene rings is 1. The maximum absolute atomic E-state index is 10.9. The Morgan fingerprint density at radius 1 is 1.10 bits per heavy atom. The Balaban J connectivity index is 1.66. The number of nitrogens with zero attached hydrogens (tertiary/aromatic N) is 1. The highest BCUT2D eigenvalue weighted by Gasteiger charge is 2.37. The maximum Gasteiger partial charge on any atom is 0.109 e. The van der Waals surface area contributed by atoms with E-state index in [0.717, 1.165) is 30.5 Å². The number of hydrogen-bond acceptors (Lipinski definition) is 3. The van der Waals surface area contributed by atoms with Crippen LogP contribution in [0.25, 0.3) is 0 Å². The van der Waals surface area contributed by atoms with Crippen LogP contribution in [0.1, 0.15) is 40.8 Å². The van der Waals surface area contributed by atoms with Gasteiger partial charge in [-0.3, -0.25) is 4.98 Å². The fraction of sp³-hybridized carbons (Fsp3) is 0.389. The van der Waals surface area contributed by atoms with E-state index in [9.17, 15) is 5.11 Å². The number of aliphatic hydroxyl groups is 1. The molecule has 4 rings (SSSR count). The zero-order chi connectivity index (χ0) is 14.2. The molecule has 0 radical (unpaired) electrons. The predicted molar refractivity (Wildman–Crippen MR) is 80.1 cm³/mol. The SMILES string of the molecule is OC(C1CCc2cccnc21)C1OCCc2ccccc21. The summed E-state index contributed by atoms with van der Waals surface area (Å²) in [5.74, 6) is 0.0809. The van der Waals surface area contributed by atoms with Gasteiger partial charge in [-0.25, -0.2) is 0 Å². The molecule has 3 atom stereocenters. The van der Waals surface area contributed by atoms with Crippen LogP contribution >= 0.6 is 0 Å². The number of aryl methyl sites for hydroxylation is 1. The summed E-state index contributed by atoms with van der Waals surface area (Å²) in [5, 5.41) is 10.9. The van der Waals surface area contributed by atoms with Crippen LogP contribution in [-0.2, 0) is 17.6 Å². The number of aromatic nitrogens is 1. The van der Waals surface area contributed by atoms with Gasteiger partial charge in [-0.2, -0.15) is 0 Å². The van der Waals surface area contributed by atoms with Gasteiger partial charge in [-0.05, 0) is 42.0 Å². The molecule has 21 heavy (non-hydrogen) atoms. The molecule has 1 aromatic carbocycles. The third-order valence-electron chi connectivity index (χ3n) is 4.75. The molecule has 3 heteroatoms. The number of rotatable bonds is 2. The summed E-state index contributed by atoms with van der Waals surface area (Å²) in [6.07, 6.45) is 3.95. The fourth-order valence-corrected chi connectivity index (χ4v) is 3.69. The molecular formula is C18H19NO2. The van der Waals surface area contributed by atoms with Crippen LogP contribution in [0.5, 0.6) is 0 Å². The second kappa shape index (κ2) is 5.24. The Morgan fingerprint density at radius 3 is 2.90 bits per heavy atom. The molecule has 108 valence electrons. The predicted octanol–water partition coefficient (Wildman–Crippen LogP) is 2.79. The molecule has 2 aliphatic rings. The minimum Gasteiger partial charge on any atom is -0.389 e. The Morgan fingerprint density at radius 2 is 1.95 bits per heavy atom. The van der Waals surface area contributed by atoms with Crippen LogP contribution in [0.3, 0.4) is 0 Å². The van der Waals surface area contributed by atoms with E-state index < -0.39 is 6.10 Å². The van der Waals surface area contributed by atoms with Gasteiger partial charge in [0, 0.05) is 17.8 Å². The normalized spacial score (nSPS) is 25.2. The molecule has 3 unspecified atom stereocenters.